The minimum atomic E-state index is -0.468. The molecule has 0 atom stereocenters. The van der Waals surface area contributed by atoms with Gasteiger partial charge in [-0.3, -0.25) is 0 Å². The largest absolute Gasteiger partial charge is 0.464 e. The van der Waals surface area contributed by atoms with Crippen LogP contribution in [0.1, 0.15) is 10.5 Å². The van der Waals surface area contributed by atoms with E-state index in [1.165, 1.54) is 7.11 Å². The van der Waals surface area contributed by atoms with E-state index < -0.39 is 5.97 Å². The van der Waals surface area contributed by atoms with E-state index in [9.17, 15) is 4.79 Å². The van der Waals surface area contributed by atoms with Gasteiger partial charge in [-0.2, -0.15) is 5.10 Å². The molecular weight excluding hydrogens is 242 g/mol. The number of nitrogens with zero attached hydrogens (tertiary/aromatic N) is 3. The maximum atomic E-state index is 11.5. The highest BCUT2D eigenvalue weighted by molar-refractivity contribution is 5.88. The van der Waals surface area contributed by atoms with Crippen molar-refractivity contribution in [3.05, 3.63) is 54.4 Å². The molecule has 0 amide bonds. The van der Waals surface area contributed by atoms with Gasteiger partial charge in [0.05, 0.1) is 12.8 Å². The summed E-state index contributed by atoms with van der Waals surface area (Å²) in [6.07, 6.45) is 1.69. The molecule has 94 valence electrons. The number of aromatic nitrogens is 3. The molecular formula is C14H11N3O2. The van der Waals surface area contributed by atoms with Crippen molar-refractivity contribution in [2.45, 2.75) is 0 Å². The normalized spacial score (nSPS) is 10.6. The number of methoxy groups -OCH3 is 1. The Balaban J connectivity index is 2.21. The van der Waals surface area contributed by atoms with Crippen LogP contribution in [0.4, 0.5) is 0 Å². The first-order valence-electron chi connectivity index (χ1n) is 5.78. The summed E-state index contributed by atoms with van der Waals surface area (Å²) in [6.45, 7) is 0. The number of hydrogen-bond acceptors (Lipinski definition) is 4. The lowest BCUT2D eigenvalue weighted by molar-refractivity contribution is 0.0593. The van der Waals surface area contributed by atoms with Gasteiger partial charge in [-0.1, -0.05) is 30.3 Å². The van der Waals surface area contributed by atoms with E-state index in [1.54, 1.807) is 16.8 Å². The van der Waals surface area contributed by atoms with Crippen LogP contribution in [0, 0.1) is 0 Å². The molecule has 0 radical (unpaired) electrons. The molecule has 19 heavy (non-hydrogen) atoms. The van der Waals surface area contributed by atoms with Gasteiger partial charge < -0.3 is 4.74 Å². The van der Waals surface area contributed by atoms with Crippen LogP contribution in [-0.4, -0.2) is 27.7 Å². The van der Waals surface area contributed by atoms with Crippen molar-refractivity contribution >= 4 is 11.6 Å². The Hall–Kier alpha value is -2.69. The molecule has 3 aromatic rings. The third-order valence-electron chi connectivity index (χ3n) is 2.82. The quantitative estimate of drug-likeness (QED) is 0.657. The molecule has 0 unspecified atom stereocenters. The van der Waals surface area contributed by atoms with Gasteiger partial charge in [-0.15, -0.1) is 0 Å². The Bertz CT molecular complexity index is 735. The van der Waals surface area contributed by atoms with Gasteiger partial charge in [-0.05, 0) is 6.07 Å². The zero-order chi connectivity index (χ0) is 13.2. The highest BCUT2D eigenvalue weighted by Gasteiger charge is 2.13. The first kappa shape index (κ1) is 11.4. The van der Waals surface area contributed by atoms with E-state index in [4.69, 9.17) is 0 Å². The fourth-order valence-electron chi connectivity index (χ4n) is 1.93. The summed E-state index contributed by atoms with van der Waals surface area (Å²) < 4.78 is 6.31. The Morgan fingerprint density at radius 3 is 2.74 bits per heavy atom. The van der Waals surface area contributed by atoms with Crippen molar-refractivity contribution in [3.8, 4) is 11.3 Å². The Labute approximate surface area is 109 Å². The summed E-state index contributed by atoms with van der Waals surface area (Å²) >= 11 is 0. The minimum Gasteiger partial charge on any atom is -0.464 e. The fraction of sp³-hybridized carbons (Fsp3) is 0.0714. The second-order valence-corrected chi connectivity index (χ2v) is 3.99. The topological polar surface area (TPSA) is 56.5 Å². The molecule has 5 heteroatoms. The molecule has 0 aliphatic heterocycles. The first-order valence-corrected chi connectivity index (χ1v) is 5.78. The molecule has 5 nitrogen and oxygen atoms in total. The average molecular weight is 253 g/mol. The average Bonchev–Trinajstić information content (AvgIpc) is 2.91. The Morgan fingerprint density at radius 1 is 1.21 bits per heavy atom. The second kappa shape index (κ2) is 4.53. The van der Waals surface area contributed by atoms with Crippen LogP contribution in [-0.2, 0) is 4.74 Å². The number of carbonyl (C=O) groups excluding carboxylic acids is 1. The Morgan fingerprint density at radius 2 is 2.00 bits per heavy atom. The predicted octanol–water partition coefficient (Wildman–Crippen LogP) is 2.18. The van der Waals surface area contributed by atoms with Gasteiger partial charge in [0.2, 0.25) is 0 Å². The van der Waals surface area contributed by atoms with E-state index in [0.717, 1.165) is 11.3 Å². The molecule has 2 heterocycles. The summed E-state index contributed by atoms with van der Waals surface area (Å²) in [5, 5.41) is 4.24. The number of esters is 1. The molecule has 0 N–H and O–H groups in total. The van der Waals surface area contributed by atoms with Gasteiger partial charge in [0, 0.05) is 17.8 Å². The molecule has 2 aromatic heterocycles. The summed E-state index contributed by atoms with van der Waals surface area (Å²) in [6, 6.07) is 13.3. The van der Waals surface area contributed by atoms with Gasteiger partial charge in [-0.25, -0.2) is 14.3 Å². The maximum Gasteiger partial charge on any atom is 0.358 e. The van der Waals surface area contributed by atoms with Crippen molar-refractivity contribution in [3.63, 3.8) is 0 Å². The van der Waals surface area contributed by atoms with Crippen molar-refractivity contribution in [1.82, 2.24) is 14.6 Å². The molecule has 0 saturated carbocycles. The summed E-state index contributed by atoms with van der Waals surface area (Å²) in [5.74, 6) is -0.468. The van der Waals surface area contributed by atoms with E-state index in [2.05, 4.69) is 14.8 Å². The Kier molecular flexibility index (Phi) is 2.72. The van der Waals surface area contributed by atoms with Crippen molar-refractivity contribution in [2.75, 3.05) is 7.11 Å². The molecule has 1 aromatic carbocycles. The predicted molar refractivity (Wildman–Crippen MR) is 69.8 cm³/mol. The van der Waals surface area contributed by atoms with Crippen LogP contribution >= 0.6 is 0 Å². The van der Waals surface area contributed by atoms with Crippen LogP contribution in [0.5, 0.6) is 0 Å². The maximum absolute atomic E-state index is 11.5. The van der Waals surface area contributed by atoms with Gasteiger partial charge >= 0.3 is 5.97 Å². The monoisotopic (exact) mass is 253 g/mol. The number of hydrogen-bond donors (Lipinski definition) is 0. The minimum absolute atomic E-state index is 0.249. The third kappa shape index (κ3) is 1.95. The van der Waals surface area contributed by atoms with Crippen molar-refractivity contribution in [2.24, 2.45) is 0 Å². The van der Waals surface area contributed by atoms with Crippen molar-refractivity contribution in [1.29, 1.82) is 0 Å². The van der Waals surface area contributed by atoms with Gasteiger partial charge in [0.1, 0.15) is 0 Å². The van der Waals surface area contributed by atoms with E-state index >= 15 is 0 Å². The number of carbonyl (C=O) groups is 1. The number of fused-ring (bicyclic) bond motifs is 1. The highest BCUT2D eigenvalue weighted by Crippen LogP contribution is 2.19. The molecule has 3 rings (SSSR count). The SMILES string of the molecule is COC(=O)c1cc2nccc(-c3ccccc3)n2n1. The molecule has 0 spiro atoms. The van der Waals surface area contributed by atoms with Crippen LogP contribution in [0.2, 0.25) is 0 Å². The summed E-state index contributed by atoms with van der Waals surface area (Å²) in [4.78, 5) is 15.7. The summed E-state index contributed by atoms with van der Waals surface area (Å²) in [7, 11) is 1.33. The van der Waals surface area contributed by atoms with Crippen LogP contribution < -0.4 is 0 Å². The lowest BCUT2D eigenvalue weighted by Gasteiger charge is -2.03. The van der Waals surface area contributed by atoms with E-state index in [1.807, 2.05) is 36.4 Å². The van der Waals surface area contributed by atoms with Crippen LogP contribution in [0.25, 0.3) is 16.9 Å². The van der Waals surface area contributed by atoms with Crippen LogP contribution in [0.3, 0.4) is 0 Å². The summed E-state index contributed by atoms with van der Waals surface area (Å²) in [5.41, 5.74) is 2.75. The van der Waals surface area contributed by atoms with Gasteiger partial charge in [0.25, 0.3) is 0 Å². The zero-order valence-corrected chi connectivity index (χ0v) is 10.3. The number of ether oxygens (including phenoxy) is 1. The highest BCUT2D eigenvalue weighted by atomic mass is 16.5. The van der Waals surface area contributed by atoms with E-state index in [0.29, 0.717) is 5.65 Å². The standard InChI is InChI=1S/C14H11N3O2/c1-19-14(18)11-9-13-15-8-7-12(17(13)16-11)10-5-3-2-4-6-10/h2-9H,1H3. The molecule has 0 aliphatic rings. The third-order valence-corrected chi connectivity index (χ3v) is 2.82. The second-order valence-electron chi connectivity index (χ2n) is 3.99. The lowest BCUT2D eigenvalue weighted by atomic mass is 10.1. The number of benzene rings is 1. The van der Waals surface area contributed by atoms with Crippen molar-refractivity contribution < 1.29 is 9.53 Å². The zero-order valence-electron chi connectivity index (χ0n) is 10.3. The number of rotatable bonds is 2. The lowest BCUT2D eigenvalue weighted by Crippen LogP contribution is -2.02. The van der Waals surface area contributed by atoms with Gasteiger partial charge in [0.15, 0.2) is 11.3 Å². The smallest absolute Gasteiger partial charge is 0.358 e. The first-order chi connectivity index (χ1) is 9.29. The molecule has 0 fully saturated rings. The molecule has 0 saturated heterocycles. The fourth-order valence-corrected chi connectivity index (χ4v) is 1.93. The van der Waals surface area contributed by atoms with E-state index in [-0.39, 0.29) is 5.69 Å². The van der Waals surface area contributed by atoms with Crippen LogP contribution in [0.15, 0.2) is 48.7 Å². The molecule has 0 bridgehead atoms. The molecule has 0 aliphatic carbocycles.